The molecule has 0 atom stereocenters. The van der Waals surface area contributed by atoms with Gasteiger partial charge in [-0.05, 0) is 18.9 Å². The molecule has 120 valence electrons. The predicted molar refractivity (Wildman–Crippen MR) is 91.2 cm³/mol. The largest absolute Gasteiger partial charge is 0.364 e. The Morgan fingerprint density at radius 1 is 1.39 bits per heavy atom. The minimum absolute atomic E-state index is 0.00841. The van der Waals surface area contributed by atoms with E-state index in [0.29, 0.717) is 6.54 Å². The molecule has 8 heteroatoms. The van der Waals surface area contributed by atoms with Gasteiger partial charge in [0, 0.05) is 26.2 Å². The lowest BCUT2D eigenvalue weighted by Crippen LogP contribution is -2.25. The van der Waals surface area contributed by atoms with Gasteiger partial charge in [0.2, 0.25) is 0 Å². The van der Waals surface area contributed by atoms with Crippen LogP contribution in [-0.2, 0) is 6.54 Å². The van der Waals surface area contributed by atoms with Crippen molar-refractivity contribution in [1.82, 2.24) is 15.0 Å². The predicted octanol–water partition coefficient (Wildman–Crippen LogP) is 3.22. The van der Waals surface area contributed by atoms with Gasteiger partial charge in [-0.2, -0.15) is 0 Å². The molecular weight excluding hydrogens is 332 g/mol. The normalized spacial score (nSPS) is 14.7. The van der Waals surface area contributed by atoms with Gasteiger partial charge in [-0.3, -0.25) is 4.79 Å². The van der Waals surface area contributed by atoms with E-state index in [9.17, 15) is 4.79 Å². The van der Waals surface area contributed by atoms with Crippen LogP contribution in [0.15, 0.2) is 22.9 Å². The first-order valence-corrected chi connectivity index (χ1v) is 9.14. The Bertz CT molecular complexity index is 786. The van der Waals surface area contributed by atoms with E-state index in [2.05, 4.69) is 10.1 Å². The molecule has 0 N–H and O–H groups in total. The maximum absolute atomic E-state index is 12.5. The first-order chi connectivity index (χ1) is 11.2. The lowest BCUT2D eigenvalue weighted by atomic mass is 10.3. The van der Waals surface area contributed by atoms with Gasteiger partial charge in [0.25, 0.3) is 5.91 Å². The summed E-state index contributed by atoms with van der Waals surface area (Å²) in [7, 11) is 1.77. The van der Waals surface area contributed by atoms with Crippen LogP contribution < -0.4 is 4.90 Å². The minimum atomic E-state index is -0.00841. The molecular formula is C15H16N4O2S2. The zero-order valence-electron chi connectivity index (χ0n) is 12.7. The van der Waals surface area contributed by atoms with Crippen LogP contribution in [0.3, 0.4) is 0 Å². The van der Waals surface area contributed by atoms with E-state index in [0.717, 1.165) is 38.3 Å². The Balaban J connectivity index is 1.52. The van der Waals surface area contributed by atoms with E-state index in [1.807, 2.05) is 6.07 Å². The monoisotopic (exact) mass is 348 g/mol. The number of amides is 1. The van der Waals surface area contributed by atoms with E-state index in [1.54, 1.807) is 29.4 Å². The Morgan fingerprint density at radius 3 is 2.91 bits per heavy atom. The smallest absolute Gasteiger partial charge is 0.264 e. The van der Waals surface area contributed by atoms with Crippen LogP contribution in [0, 0.1) is 0 Å². The molecule has 3 aromatic heterocycles. The van der Waals surface area contributed by atoms with Gasteiger partial charge in [0.05, 0.1) is 16.1 Å². The van der Waals surface area contributed by atoms with Crippen molar-refractivity contribution in [1.29, 1.82) is 0 Å². The molecule has 23 heavy (non-hydrogen) atoms. The molecule has 0 bridgehead atoms. The summed E-state index contributed by atoms with van der Waals surface area (Å²) < 4.78 is 5.89. The molecule has 0 saturated carbocycles. The van der Waals surface area contributed by atoms with Gasteiger partial charge in [-0.15, -0.1) is 11.3 Å². The Morgan fingerprint density at radius 2 is 2.22 bits per heavy atom. The quantitative estimate of drug-likeness (QED) is 0.724. The molecule has 1 fully saturated rings. The zero-order chi connectivity index (χ0) is 15.8. The van der Waals surface area contributed by atoms with Crippen molar-refractivity contribution in [2.45, 2.75) is 19.4 Å². The highest BCUT2D eigenvalue weighted by molar-refractivity contribution is 7.29. The van der Waals surface area contributed by atoms with Crippen LogP contribution in [-0.4, -0.2) is 41.1 Å². The standard InChI is InChI=1S/C15H16N4O2S2/c1-18(9-10-4-7-21-17-10)14(20)12-8-11-13(22-12)16-15(23-11)19-5-2-3-6-19/h4,7-8H,2-3,5-6,9H2,1H3. The van der Waals surface area contributed by atoms with E-state index >= 15 is 0 Å². The fraction of sp³-hybridized carbons (Fsp3) is 0.400. The molecule has 4 rings (SSSR count). The second-order valence-corrected chi connectivity index (χ2v) is 7.66. The molecule has 1 aliphatic heterocycles. The molecule has 4 heterocycles. The van der Waals surface area contributed by atoms with Crippen molar-refractivity contribution < 1.29 is 9.32 Å². The highest BCUT2D eigenvalue weighted by Crippen LogP contribution is 2.36. The van der Waals surface area contributed by atoms with Crippen LogP contribution in [0.1, 0.15) is 28.2 Å². The number of anilines is 1. The summed E-state index contributed by atoms with van der Waals surface area (Å²) in [6, 6.07) is 3.72. The Hall–Kier alpha value is -1.93. The topological polar surface area (TPSA) is 62.5 Å². The molecule has 3 aromatic rings. The number of fused-ring (bicyclic) bond motifs is 1. The summed E-state index contributed by atoms with van der Waals surface area (Å²) in [4.78, 5) is 22.9. The summed E-state index contributed by atoms with van der Waals surface area (Å²) in [6.45, 7) is 2.62. The summed E-state index contributed by atoms with van der Waals surface area (Å²) in [5.74, 6) is -0.00841. The van der Waals surface area contributed by atoms with E-state index in [4.69, 9.17) is 9.51 Å². The van der Waals surface area contributed by atoms with Gasteiger partial charge >= 0.3 is 0 Å². The van der Waals surface area contributed by atoms with Gasteiger partial charge in [0.1, 0.15) is 16.8 Å². The van der Waals surface area contributed by atoms with Gasteiger partial charge in [-0.25, -0.2) is 4.98 Å². The Labute approximate surface area is 141 Å². The maximum Gasteiger partial charge on any atom is 0.264 e. The van der Waals surface area contributed by atoms with Crippen LogP contribution in [0.4, 0.5) is 5.13 Å². The highest BCUT2D eigenvalue weighted by atomic mass is 32.1. The number of thiophene rings is 1. The van der Waals surface area contributed by atoms with Crippen molar-refractivity contribution in [2.24, 2.45) is 0 Å². The van der Waals surface area contributed by atoms with E-state index in [-0.39, 0.29) is 5.91 Å². The van der Waals surface area contributed by atoms with Crippen molar-refractivity contribution >= 4 is 43.2 Å². The molecule has 0 aromatic carbocycles. The fourth-order valence-electron chi connectivity index (χ4n) is 2.69. The van der Waals surface area contributed by atoms with E-state index in [1.165, 1.54) is 30.4 Å². The van der Waals surface area contributed by atoms with Crippen molar-refractivity contribution in [3.63, 3.8) is 0 Å². The highest BCUT2D eigenvalue weighted by Gasteiger charge is 2.21. The lowest BCUT2D eigenvalue weighted by molar-refractivity contribution is 0.0787. The lowest BCUT2D eigenvalue weighted by Gasteiger charge is -2.14. The Kier molecular flexibility index (Phi) is 3.78. The number of rotatable bonds is 4. The number of carbonyl (C=O) groups is 1. The molecule has 0 spiro atoms. The average Bonchev–Trinajstić information content (AvgIpc) is 3.28. The minimum Gasteiger partial charge on any atom is -0.364 e. The summed E-state index contributed by atoms with van der Waals surface area (Å²) in [5, 5.41) is 4.92. The number of nitrogens with zero attached hydrogens (tertiary/aromatic N) is 4. The van der Waals surface area contributed by atoms with Crippen molar-refractivity contribution in [3.8, 4) is 0 Å². The average molecular weight is 348 g/mol. The molecule has 0 radical (unpaired) electrons. The number of hydrogen-bond donors (Lipinski definition) is 0. The SMILES string of the molecule is CN(Cc1ccon1)C(=O)c1cc2sc(N3CCCC3)nc2s1. The third-order valence-corrected chi connectivity index (χ3v) is 6.11. The summed E-state index contributed by atoms with van der Waals surface area (Å²) >= 11 is 3.14. The number of carbonyl (C=O) groups excluding carboxylic acids is 1. The number of thiazole rings is 1. The third-order valence-electron chi connectivity index (χ3n) is 3.90. The number of aromatic nitrogens is 2. The molecule has 1 saturated heterocycles. The van der Waals surface area contributed by atoms with Crippen LogP contribution in [0.25, 0.3) is 9.53 Å². The zero-order valence-corrected chi connectivity index (χ0v) is 14.3. The van der Waals surface area contributed by atoms with Crippen LogP contribution >= 0.6 is 22.7 Å². The molecule has 0 aliphatic carbocycles. The second-order valence-electron chi connectivity index (χ2n) is 5.62. The molecule has 1 aliphatic rings. The van der Waals surface area contributed by atoms with Crippen LogP contribution in [0.5, 0.6) is 0 Å². The van der Waals surface area contributed by atoms with Crippen LogP contribution in [0.2, 0.25) is 0 Å². The molecule has 6 nitrogen and oxygen atoms in total. The summed E-state index contributed by atoms with van der Waals surface area (Å²) in [5.41, 5.74) is 0.744. The maximum atomic E-state index is 12.5. The summed E-state index contributed by atoms with van der Waals surface area (Å²) in [6.07, 6.45) is 3.99. The first-order valence-electron chi connectivity index (χ1n) is 7.51. The van der Waals surface area contributed by atoms with Gasteiger partial charge in [-0.1, -0.05) is 16.5 Å². The first kappa shape index (κ1) is 14.6. The van der Waals surface area contributed by atoms with Gasteiger partial charge in [0.15, 0.2) is 5.13 Å². The fourth-order valence-corrected chi connectivity index (χ4v) is 4.95. The van der Waals surface area contributed by atoms with E-state index < -0.39 is 0 Å². The molecule has 0 unspecified atom stereocenters. The van der Waals surface area contributed by atoms with Gasteiger partial charge < -0.3 is 14.3 Å². The van der Waals surface area contributed by atoms with Crippen molar-refractivity contribution in [3.05, 3.63) is 29.0 Å². The second kappa shape index (κ2) is 5.93. The number of hydrogen-bond acceptors (Lipinski definition) is 7. The molecule has 1 amide bonds. The van der Waals surface area contributed by atoms with Crippen molar-refractivity contribution in [2.75, 3.05) is 25.0 Å². The third kappa shape index (κ3) is 2.84.